The van der Waals surface area contributed by atoms with Crippen LogP contribution < -0.4 is 10.6 Å². The molecular weight excluding hydrogens is 530 g/mol. The van der Waals surface area contributed by atoms with E-state index in [0.717, 1.165) is 36.8 Å². The van der Waals surface area contributed by atoms with Gasteiger partial charge in [0.2, 0.25) is 17.7 Å². The maximum absolute atomic E-state index is 13.6. The lowest BCUT2D eigenvalue weighted by molar-refractivity contribution is -0.142. The third-order valence-electron chi connectivity index (χ3n) is 8.50. The van der Waals surface area contributed by atoms with E-state index in [9.17, 15) is 14.4 Å². The highest BCUT2D eigenvalue weighted by molar-refractivity contribution is 5.89. The Morgan fingerprint density at radius 2 is 1.57 bits per heavy atom. The molecular formula is C34H49N3O5. The van der Waals surface area contributed by atoms with Gasteiger partial charge in [0, 0.05) is 33.7 Å². The Morgan fingerprint density at radius 1 is 0.929 bits per heavy atom. The minimum atomic E-state index is -0.757. The van der Waals surface area contributed by atoms with Gasteiger partial charge in [-0.1, -0.05) is 87.9 Å². The number of carbonyl (C=O) groups excluding carboxylic acids is 3. The van der Waals surface area contributed by atoms with E-state index < -0.39 is 18.1 Å². The Hall–Kier alpha value is -3.23. The third-order valence-corrected chi connectivity index (χ3v) is 8.50. The minimum absolute atomic E-state index is 0.0320. The molecule has 1 aliphatic rings. The zero-order valence-corrected chi connectivity index (χ0v) is 25.9. The lowest BCUT2D eigenvalue weighted by atomic mass is 9.93. The van der Waals surface area contributed by atoms with Crippen LogP contribution in [0.4, 0.5) is 0 Å². The molecule has 1 heterocycles. The van der Waals surface area contributed by atoms with Crippen molar-refractivity contribution in [2.75, 3.05) is 20.8 Å². The van der Waals surface area contributed by atoms with Crippen LogP contribution in [0.3, 0.4) is 0 Å². The number of carbonyl (C=O) groups is 3. The van der Waals surface area contributed by atoms with Gasteiger partial charge in [-0.25, -0.2) is 0 Å². The average molecular weight is 580 g/mol. The molecule has 2 N–H and O–H groups in total. The van der Waals surface area contributed by atoms with E-state index in [1.54, 1.807) is 14.2 Å². The fourth-order valence-corrected chi connectivity index (χ4v) is 5.75. The van der Waals surface area contributed by atoms with E-state index in [2.05, 4.69) is 24.5 Å². The summed E-state index contributed by atoms with van der Waals surface area (Å²) in [7, 11) is 3.25. The van der Waals surface area contributed by atoms with Crippen molar-refractivity contribution in [3.63, 3.8) is 0 Å². The molecule has 42 heavy (non-hydrogen) atoms. The molecule has 230 valence electrons. The minimum Gasteiger partial charge on any atom is -0.381 e. The van der Waals surface area contributed by atoms with E-state index in [0.29, 0.717) is 31.8 Å². The van der Waals surface area contributed by atoms with Gasteiger partial charge in [0.05, 0.1) is 30.6 Å². The fraction of sp³-hybridized carbons (Fsp3) is 0.559. The van der Waals surface area contributed by atoms with Crippen molar-refractivity contribution in [2.45, 2.75) is 90.1 Å². The van der Waals surface area contributed by atoms with Gasteiger partial charge in [-0.05, 0) is 36.3 Å². The van der Waals surface area contributed by atoms with Gasteiger partial charge in [-0.2, -0.15) is 0 Å². The van der Waals surface area contributed by atoms with Crippen molar-refractivity contribution in [3.05, 3.63) is 71.8 Å². The largest absolute Gasteiger partial charge is 0.381 e. The molecule has 3 amide bonds. The number of amides is 3. The predicted molar refractivity (Wildman–Crippen MR) is 165 cm³/mol. The van der Waals surface area contributed by atoms with Crippen LogP contribution in [-0.2, 0) is 36.8 Å². The van der Waals surface area contributed by atoms with Gasteiger partial charge >= 0.3 is 0 Å². The molecule has 8 nitrogen and oxygen atoms in total. The summed E-state index contributed by atoms with van der Waals surface area (Å²) in [6, 6.07) is 18.4. The summed E-state index contributed by atoms with van der Waals surface area (Å²) in [5.41, 5.74) is 1.93. The summed E-state index contributed by atoms with van der Waals surface area (Å²) < 4.78 is 11.5. The predicted octanol–water partition coefficient (Wildman–Crippen LogP) is 4.51. The Bertz CT molecular complexity index is 1110. The van der Waals surface area contributed by atoms with Crippen LogP contribution in [0, 0.1) is 11.8 Å². The number of rotatable bonds is 16. The van der Waals surface area contributed by atoms with Crippen molar-refractivity contribution in [3.8, 4) is 0 Å². The number of hydrogen-bond donors (Lipinski definition) is 2. The van der Waals surface area contributed by atoms with Gasteiger partial charge in [-0.15, -0.1) is 0 Å². The molecule has 1 fully saturated rings. The van der Waals surface area contributed by atoms with Crippen molar-refractivity contribution in [2.24, 2.45) is 11.8 Å². The van der Waals surface area contributed by atoms with Gasteiger partial charge < -0.3 is 25.0 Å². The van der Waals surface area contributed by atoms with E-state index in [-0.39, 0.29) is 29.9 Å². The fourth-order valence-electron chi connectivity index (χ4n) is 5.75. The highest BCUT2D eigenvalue weighted by Gasteiger charge is 2.40. The van der Waals surface area contributed by atoms with Gasteiger partial charge in [0.1, 0.15) is 6.04 Å². The zero-order valence-electron chi connectivity index (χ0n) is 25.9. The van der Waals surface area contributed by atoms with Crippen LogP contribution in [0.15, 0.2) is 60.7 Å². The van der Waals surface area contributed by atoms with E-state index in [1.807, 2.05) is 72.5 Å². The molecule has 0 unspecified atom stereocenters. The molecule has 0 spiro atoms. The van der Waals surface area contributed by atoms with Crippen molar-refractivity contribution < 1.29 is 23.9 Å². The normalized spacial score (nSPS) is 18.5. The van der Waals surface area contributed by atoms with Crippen LogP contribution in [0.5, 0.6) is 0 Å². The Morgan fingerprint density at radius 3 is 2.17 bits per heavy atom. The number of likely N-dealkylation sites (tertiary alicyclic amines) is 1. The standard InChI is InChI=1S/C34H49N3O5/c1-6-24(2)20-28(41-4)22-31(38)37-19-13-18-30(37)32(42-5)25(3)33(39)36-29(21-26-14-9-7-10-15-26)34(40)35-23-27-16-11-8-12-17-27/h7-12,14-17,24-25,28-30,32H,6,13,18-23H2,1-5H3,(H,35,40)(H,36,39)/t24-,25+,28-,29-,30-,32+/m0/s1. The second kappa shape index (κ2) is 17.0. The lowest BCUT2D eigenvalue weighted by Crippen LogP contribution is -2.54. The molecule has 6 atom stereocenters. The first kappa shape index (κ1) is 33.3. The highest BCUT2D eigenvalue weighted by Crippen LogP contribution is 2.28. The number of methoxy groups -OCH3 is 2. The first-order valence-corrected chi connectivity index (χ1v) is 15.3. The smallest absolute Gasteiger partial charge is 0.243 e. The summed E-state index contributed by atoms with van der Waals surface area (Å²) >= 11 is 0. The first-order chi connectivity index (χ1) is 20.3. The van der Waals surface area contributed by atoms with Gasteiger partial charge in [0.25, 0.3) is 0 Å². The van der Waals surface area contributed by atoms with Crippen molar-refractivity contribution in [1.29, 1.82) is 0 Å². The molecule has 1 saturated heterocycles. The SMILES string of the molecule is CC[C@H](C)C[C@@H](CC(=O)N1CCC[C@H]1[C@H](OC)[C@@H](C)C(=O)N[C@@H](Cc1ccccc1)C(=O)NCc1ccccc1)OC. The molecule has 1 aliphatic heterocycles. The summed E-state index contributed by atoms with van der Waals surface area (Å²) in [4.78, 5) is 42.2. The Labute approximate surface area is 251 Å². The Kier molecular flexibility index (Phi) is 13.5. The molecule has 2 aromatic carbocycles. The molecule has 0 saturated carbocycles. The second-order valence-corrected chi connectivity index (χ2v) is 11.6. The van der Waals surface area contributed by atoms with Crippen molar-refractivity contribution >= 4 is 17.7 Å². The van der Waals surface area contributed by atoms with Crippen LogP contribution in [0.1, 0.15) is 64.0 Å². The molecule has 2 aromatic rings. The summed E-state index contributed by atoms with van der Waals surface area (Å²) in [5, 5.41) is 5.97. The first-order valence-electron chi connectivity index (χ1n) is 15.3. The molecule has 0 bridgehead atoms. The van der Waals surface area contributed by atoms with Crippen LogP contribution in [0.2, 0.25) is 0 Å². The Balaban J connectivity index is 1.69. The van der Waals surface area contributed by atoms with Crippen LogP contribution >= 0.6 is 0 Å². The van der Waals surface area contributed by atoms with Gasteiger partial charge in [-0.3, -0.25) is 14.4 Å². The summed E-state index contributed by atoms with van der Waals surface area (Å²) in [5.74, 6) is -0.594. The molecule has 0 aromatic heterocycles. The van der Waals surface area contributed by atoms with Crippen molar-refractivity contribution in [1.82, 2.24) is 15.5 Å². The molecule has 0 aliphatic carbocycles. The highest BCUT2D eigenvalue weighted by atomic mass is 16.5. The monoisotopic (exact) mass is 579 g/mol. The molecule has 3 rings (SSSR count). The number of nitrogens with one attached hydrogen (secondary N) is 2. The molecule has 8 heteroatoms. The zero-order chi connectivity index (χ0) is 30.5. The van der Waals surface area contributed by atoms with Gasteiger partial charge in [0.15, 0.2) is 0 Å². The van der Waals surface area contributed by atoms with E-state index >= 15 is 0 Å². The third kappa shape index (κ3) is 9.66. The second-order valence-electron chi connectivity index (χ2n) is 11.6. The maximum Gasteiger partial charge on any atom is 0.243 e. The molecule has 0 radical (unpaired) electrons. The number of nitrogens with zero attached hydrogens (tertiary/aromatic N) is 1. The topological polar surface area (TPSA) is 97.0 Å². The quantitative estimate of drug-likeness (QED) is 0.305. The van der Waals surface area contributed by atoms with Crippen LogP contribution in [0.25, 0.3) is 0 Å². The number of hydrogen-bond acceptors (Lipinski definition) is 5. The summed E-state index contributed by atoms with van der Waals surface area (Å²) in [6.07, 6.45) is 3.52. The lowest BCUT2D eigenvalue weighted by Gasteiger charge is -2.35. The van der Waals surface area contributed by atoms with E-state index in [1.165, 1.54) is 0 Å². The number of benzene rings is 2. The number of ether oxygens (including phenoxy) is 2. The van der Waals surface area contributed by atoms with Crippen LogP contribution in [-0.4, -0.2) is 67.7 Å². The average Bonchev–Trinajstić information content (AvgIpc) is 3.50. The summed E-state index contributed by atoms with van der Waals surface area (Å²) in [6.45, 7) is 7.13. The van der Waals surface area contributed by atoms with E-state index in [4.69, 9.17) is 9.47 Å². The maximum atomic E-state index is 13.6.